The summed E-state index contributed by atoms with van der Waals surface area (Å²) in [5.41, 5.74) is 3.16. The van der Waals surface area contributed by atoms with E-state index in [1.165, 1.54) is 0 Å². The smallest absolute Gasteiger partial charge is 0.306 e. The maximum absolute atomic E-state index is 11.6. The van der Waals surface area contributed by atoms with E-state index in [1.807, 2.05) is 32.2 Å². The molecule has 162 valence electrons. The Morgan fingerprint density at radius 1 is 1.37 bits per heavy atom. The van der Waals surface area contributed by atoms with E-state index in [-0.39, 0.29) is 5.97 Å². The van der Waals surface area contributed by atoms with Crippen LogP contribution in [0, 0.1) is 0 Å². The minimum absolute atomic E-state index is 0.166. The molecule has 1 aromatic heterocycles. The number of hydrogen-bond acceptors (Lipinski definition) is 8. The molecule has 3 rings (SSSR count). The minimum atomic E-state index is -0.166. The summed E-state index contributed by atoms with van der Waals surface area (Å²) in [6, 6.07) is 8.09. The number of ether oxygens (including phenoxy) is 1. The van der Waals surface area contributed by atoms with Crippen LogP contribution in [0.5, 0.6) is 0 Å². The fourth-order valence-electron chi connectivity index (χ4n) is 3.69. The van der Waals surface area contributed by atoms with Gasteiger partial charge in [0.05, 0.1) is 6.61 Å². The molecule has 8 nitrogen and oxygen atoms in total. The first-order valence-electron chi connectivity index (χ1n) is 10.5. The maximum Gasteiger partial charge on any atom is 0.306 e. The van der Waals surface area contributed by atoms with Crippen LogP contribution in [0.25, 0.3) is 0 Å². The lowest BCUT2D eigenvalue weighted by molar-refractivity contribution is -0.143. The van der Waals surface area contributed by atoms with Gasteiger partial charge in [-0.2, -0.15) is 0 Å². The van der Waals surface area contributed by atoms with Gasteiger partial charge in [-0.25, -0.2) is 9.97 Å². The van der Waals surface area contributed by atoms with Crippen LogP contribution in [0.2, 0.25) is 0 Å². The number of fused-ring (bicyclic) bond motifs is 1. The van der Waals surface area contributed by atoms with Crippen molar-refractivity contribution in [2.24, 2.45) is 0 Å². The molecule has 0 fully saturated rings. The summed E-state index contributed by atoms with van der Waals surface area (Å²) in [5.74, 6) is 1.89. The van der Waals surface area contributed by atoms with Gasteiger partial charge in [-0.05, 0) is 45.1 Å². The first kappa shape index (κ1) is 22.0. The molecule has 3 N–H and O–H groups in total. The average Bonchev–Trinajstić information content (AvgIpc) is 3.15. The maximum atomic E-state index is 11.6. The highest BCUT2D eigenvalue weighted by atomic mass is 16.5. The number of aryl methyl sites for hydroxylation is 1. The molecule has 1 aliphatic rings. The molecule has 1 unspecified atom stereocenters. The van der Waals surface area contributed by atoms with Crippen LogP contribution in [0.15, 0.2) is 30.6 Å². The van der Waals surface area contributed by atoms with E-state index < -0.39 is 0 Å². The van der Waals surface area contributed by atoms with Gasteiger partial charge in [0.2, 0.25) is 0 Å². The van der Waals surface area contributed by atoms with Crippen molar-refractivity contribution in [3.63, 3.8) is 0 Å². The second kappa shape index (κ2) is 10.9. The third kappa shape index (κ3) is 5.90. The molecule has 0 spiro atoms. The molecular weight excluding hydrogens is 380 g/mol. The molecule has 0 radical (unpaired) electrons. The van der Waals surface area contributed by atoms with Gasteiger partial charge in [-0.3, -0.25) is 4.79 Å². The zero-order valence-electron chi connectivity index (χ0n) is 18.1. The third-order valence-electron chi connectivity index (χ3n) is 5.20. The van der Waals surface area contributed by atoms with Gasteiger partial charge in [0.15, 0.2) is 0 Å². The molecule has 2 heterocycles. The van der Waals surface area contributed by atoms with Crippen LogP contribution in [0.4, 0.5) is 17.3 Å². The molecule has 0 bridgehead atoms. The predicted molar refractivity (Wildman–Crippen MR) is 119 cm³/mol. The molecule has 1 aromatic carbocycles. The summed E-state index contributed by atoms with van der Waals surface area (Å²) < 4.78 is 5.02. The molecule has 30 heavy (non-hydrogen) atoms. The minimum Gasteiger partial charge on any atom is -0.466 e. The second-order valence-corrected chi connectivity index (χ2v) is 7.56. The Hall–Kier alpha value is -2.71. The Morgan fingerprint density at radius 3 is 3.03 bits per heavy atom. The van der Waals surface area contributed by atoms with Crippen LogP contribution < -0.4 is 16.0 Å². The molecular formula is C22H32N6O2. The second-order valence-electron chi connectivity index (χ2n) is 7.56. The van der Waals surface area contributed by atoms with E-state index in [1.54, 1.807) is 6.33 Å². The van der Waals surface area contributed by atoms with E-state index in [2.05, 4.69) is 43.9 Å². The fourth-order valence-corrected chi connectivity index (χ4v) is 3.69. The van der Waals surface area contributed by atoms with Gasteiger partial charge in [-0.15, -0.1) is 0 Å². The molecule has 1 atom stereocenters. The highest BCUT2D eigenvalue weighted by Crippen LogP contribution is 2.36. The van der Waals surface area contributed by atoms with Crippen LogP contribution in [-0.2, 0) is 16.0 Å². The van der Waals surface area contributed by atoms with E-state index in [0.717, 1.165) is 54.6 Å². The number of carbonyl (C=O) groups excluding carboxylic acids is 1. The van der Waals surface area contributed by atoms with Crippen molar-refractivity contribution in [2.45, 2.75) is 25.7 Å². The van der Waals surface area contributed by atoms with E-state index in [4.69, 9.17) is 4.74 Å². The Kier molecular flexibility index (Phi) is 7.98. The zero-order valence-corrected chi connectivity index (χ0v) is 18.1. The highest BCUT2D eigenvalue weighted by molar-refractivity contribution is 5.70. The van der Waals surface area contributed by atoms with E-state index in [0.29, 0.717) is 25.4 Å². The number of rotatable bonds is 11. The lowest BCUT2D eigenvalue weighted by Crippen LogP contribution is -2.31. The van der Waals surface area contributed by atoms with Gasteiger partial charge < -0.3 is 25.6 Å². The number of anilines is 3. The van der Waals surface area contributed by atoms with Gasteiger partial charge in [0.25, 0.3) is 0 Å². The summed E-state index contributed by atoms with van der Waals surface area (Å²) in [6.07, 6.45) is 2.62. The van der Waals surface area contributed by atoms with Gasteiger partial charge in [-0.1, -0.05) is 12.1 Å². The van der Waals surface area contributed by atoms with Crippen molar-refractivity contribution < 1.29 is 9.53 Å². The Labute approximate surface area is 178 Å². The molecule has 8 heteroatoms. The van der Waals surface area contributed by atoms with Crippen molar-refractivity contribution in [1.82, 2.24) is 20.2 Å². The zero-order chi connectivity index (χ0) is 21.3. The lowest BCUT2D eigenvalue weighted by atomic mass is 10.0. The van der Waals surface area contributed by atoms with Crippen LogP contribution in [-0.4, -0.2) is 67.7 Å². The quantitative estimate of drug-likeness (QED) is 0.485. The Balaban J connectivity index is 1.70. The average molecular weight is 413 g/mol. The number of hydrogen-bond donors (Lipinski definition) is 3. The van der Waals surface area contributed by atoms with Crippen molar-refractivity contribution in [2.75, 3.05) is 57.5 Å². The monoisotopic (exact) mass is 412 g/mol. The standard InChI is InChI=1S/C22H32N6O2/c1-4-30-19(29)9-8-16-6-5-7-18(12-16)27-22-20-17(14-28(3)11-10-23-2)13-24-21(20)25-15-26-22/h5-7,12,15,17,23H,4,8-11,13-14H2,1-3H3,(H2,24,25,26,27). The van der Waals surface area contributed by atoms with E-state index in [9.17, 15) is 4.79 Å². The van der Waals surface area contributed by atoms with Crippen molar-refractivity contribution in [3.05, 3.63) is 41.7 Å². The van der Waals surface area contributed by atoms with Gasteiger partial charge in [0.1, 0.15) is 18.0 Å². The van der Waals surface area contributed by atoms with Crippen LogP contribution in [0.3, 0.4) is 0 Å². The summed E-state index contributed by atoms with van der Waals surface area (Å²) in [7, 11) is 4.11. The number of nitrogens with one attached hydrogen (secondary N) is 3. The number of benzene rings is 1. The number of likely N-dealkylation sites (N-methyl/N-ethyl adjacent to an activating group) is 2. The molecule has 0 amide bonds. The summed E-state index contributed by atoms with van der Waals surface area (Å²) in [6.45, 7) is 5.97. The molecule has 2 aromatic rings. The first-order chi connectivity index (χ1) is 14.6. The third-order valence-corrected chi connectivity index (χ3v) is 5.20. The molecule has 0 saturated heterocycles. The topological polar surface area (TPSA) is 91.4 Å². The number of esters is 1. The van der Waals surface area contributed by atoms with Crippen LogP contribution >= 0.6 is 0 Å². The summed E-state index contributed by atoms with van der Waals surface area (Å²) in [5, 5.41) is 10.1. The Bertz CT molecular complexity index is 844. The number of carbonyl (C=O) groups is 1. The summed E-state index contributed by atoms with van der Waals surface area (Å²) in [4.78, 5) is 22.9. The predicted octanol–water partition coefficient (Wildman–Crippen LogP) is 2.38. The van der Waals surface area contributed by atoms with E-state index >= 15 is 0 Å². The number of nitrogens with zero attached hydrogens (tertiary/aromatic N) is 3. The lowest BCUT2D eigenvalue weighted by Gasteiger charge is -2.22. The SMILES string of the molecule is CCOC(=O)CCc1cccc(Nc2ncnc3c2C(CN(C)CCNC)CN3)c1. The van der Waals surface area contributed by atoms with Crippen molar-refractivity contribution in [1.29, 1.82) is 0 Å². The first-order valence-corrected chi connectivity index (χ1v) is 10.5. The van der Waals surface area contributed by atoms with Gasteiger partial charge in [0, 0.05) is 49.8 Å². The Morgan fingerprint density at radius 2 is 2.23 bits per heavy atom. The largest absolute Gasteiger partial charge is 0.466 e. The number of aromatic nitrogens is 2. The molecule has 1 aliphatic heterocycles. The van der Waals surface area contributed by atoms with Crippen molar-refractivity contribution in [3.8, 4) is 0 Å². The summed E-state index contributed by atoms with van der Waals surface area (Å²) >= 11 is 0. The van der Waals surface area contributed by atoms with Crippen molar-refractivity contribution >= 4 is 23.3 Å². The molecule has 0 aliphatic carbocycles. The van der Waals surface area contributed by atoms with Crippen LogP contribution in [0.1, 0.15) is 30.4 Å². The highest BCUT2D eigenvalue weighted by Gasteiger charge is 2.28. The molecule has 0 saturated carbocycles. The normalized spacial score (nSPS) is 15.0. The fraction of sp³-hybridized carbons (Fsp3) is 0.500. The van der Waals surface area contributed by atoms with Gasteiger partial charge >= 0.3 is 5.97 Å².